The Balaban J connectivity index is 2.05. The predicted octanol–water partition coefficient (Wildman–Crippen LogP) is 0.543. The molecule has 1 aliphatic rings. The highest BCUT2D eigenvalue weighted by molar-refractivity contribution is 5.69. The summed E-state index contributed by atoms with van der Waals surface area (Å²) in [7, 11) is 0. The zero-order valence-corrected chi connectivity index (χ0v) is 5.84. The first-order chi connectivity index (χ1) is 4.83. The van der Waals surface area contributed by atoms with E-state index in [0.717, 1.165) is 0 Å². The van der Waals surface area contributed by atoms with Crippen molar-refractivity contribution >= 4 is 5.97 Å². The second-order valence-corrected chi connectivity index (χ2v) is 2.25. The van der Waals surface area contributed by atoms with Gasteiger partial charge < -0.3 is 9.47 Å². The van der Waals surface area contributed by atoms with Crippen LogP contribution in [-0.2, 0) is 14.3 Å². The summed E-state index contributed by atoms with van der Waals surface area (Å²) in [4.78, 5) is 10.7. The molecule has 0 bridgehead atoms. The molecule has 0 aliphatic carbocycles. The van der Waals surface area contributed by atoms with Crippen LogP contribution in [0.25, 0.3) is 0 Å². The minimum atomic E-state index is -0.164. The monoisotopic (exact) mass is 143 g/mol. The Morgan fingerprint density at radius 1 is 1.70 bits per heavy atom. The van der Waals surface area contributed by atoms with Gasteiger partial charge in [0.05, 0.1) is 13.2 Å². The first-order valence-corrected chi connectivity index (χ1v) is 3.39. The molecule has 0 unspecified atom stereocenters. The van der Waals surface area contributed by atoms with E-state index in [0.29, 0.717) is 26.1 Å². The predicted molar refractivity (Wildman–Crippen MR) is 35.3 cm³/mol. The van der Waals surface area contributed by atoms with Crippen LogP contribution in [-0.4, -0.2) is 25.3 Å². The minimum absolute atomic E-state index is 0.0130. The van der Waals surface area contributed by atoms with E-state index in [9.17, 15) is 4.79 Å². The second-order valence-electron chi connectivity index (χ2n) is 2.25. The fraction of sp³-hybridized carbons (Fsp3) is 0.714. The summed E-state index contributed by atoms with van der Waals surface area (Å²) in [6.07, 6.45) is 1.03. The number of carbonyl (C=O) groups is 1. The SMILES string of the molecule is [CH2]CCC(=O)OC1COC1. The van der Waals surface area contributed by atoms with Crippen molar-refractivity contribution in [3.8, 4) is 0 Å². The standard InChI is InChI=1S/C7H11O3/c1-2-3-7(8)10-6-4-9-5-6/h6H,1-5H2. The van der Waals surface area contributed by atoms with Crippen molar-refractivity contribution in [3.05, 3.63) is 6.92 Å². The average molecular weight is 143 g/mol. The van der Waals surface area contributed by atoms with Gasteiger partial charge in [-0.1, -0.05) is 6.92 Å². The summed E-state index contributed by atoms with van der Waals surface area (Å²) >= 11 is 0. The van der Waals surface area contributed by atoms with Crippen LogP contribution in [0.15, 0.2) is 0 Å². The zero-order valence-electron chi connectivity index (χ0n) is 5.84. The van der Waals surface area contributed by atoms with E-state index in [4.69, 9.17) is 9.47 Å². The van der Waals surface area contributed by atoms with E-state index in [1.807, 2.05) is 0 Å². The minimum Gasteiger partial charge on any atom is -0.457 e. The molecule has 1 saturated heterocycles. The van der Waals surface area contributed by atoms with Crippen LogP contribution < -0.4 is 0 Å². The van der Waals surface area contributed by atoms with E-state index in [-0.39, 0.29) is 12.1 Å². The maximum absolute atomic E-state index is 10.7. The Hall–Kier alpha value is -0.570. The first-order valence-electron chi connectivity index (χ1n) is 3.39. The van der Waals surface area contributed by atoms with Crippen LogP contribution in [0.5, 0.6) is 0 Å². The van der Waals surface area contributed by atoms with Gasteiger partial charge in [0.25, 0.3) is 0 Å². The molecule has 3 heteroatoms. The van der Waals surface area contributed by atoms with Gasteiger partial charge in [0.2, 0.25) is 0 Å². The smallest absolute Gasteiger partial charge is 0.306 e. The van der Waals surface area contributed by atoms with Crippen molar-refractivity contribution in [2.75, 3.05) is 13.2 Å². The summed E-state index contributed by atoms with van der Waals surface area (Å²) in [6, 6.07) is 0. The molecular weight excluding hydrogens is 132 g/mol. The third-order valence-electron chi connectivity index (χ3n) is 1.29. The lowest BCUT2D eigenvalue weighted by Crippen LogP contribution is -2.37. The van der Waals surface area contributed by atoms with Crippen LogP contribution in [0.1, 0.15) is 12.8 Å². The molecule has 1 aliphatic heterocycles. The summed E-state index contributed by atoms with van der Waals surface area (Å²) < 4.78 is 9.74. The van der Waals surface area contributed by atoms with E-state index in [1.165, 1.54) is 0 Å². The summed E-state index contributed by atoms with van der Waals surface area (Å²) in [5, 5.41) is 0. The van der Waals surface area contributed by atoms with Crippen LogP contribution >= 0.6 is 0 Å². The van der Waals surface area contributed by atoms with Gasteiger partial charge in [0.1, 0.15) is 6.10 Å². The third kappa shape index (κ3) is 1.99. The number of ether oxygens (including phenoxy) is 2. The first kappa shape index (κ1) is 7.54. The Kier molecular flexibility index (Phi) is 2.68. The Morgan fingerprint density at radius 3 is 2.80 bits per heavy atom. The number of esters is 1. The highest BCUT2D eigenvalue weighted by Gasteiger charge is 2.21. The fourth-order valence-corrected chi connectivity index (χ4v) is 0.671. The Morgan fingerprint density at radius 2 is 2.40 bits per heavy atom. The Bertz CT molecular complexity index is 118. The molecule has 0 N–H and O–H groups in total. The van der Waals surface area contributed by atoms with Gasteiger partial charge in [-0.05, 0) is 6.42 Å². The lowest BCUT2D eigenvalue weighted by molar-refractivity contribution is -0.172. The van der Waals surface area contributed by atoms with Gasteiger partial charge in [-0.2, -0.15) is 0 Å². The van der Waals surface area contributed by atoms with Gasteiger partial charge in [-0.25, -0.2) is 0 Å². The maximum Gasteiger partial charge on any atom is 0.306 e. The molecule has 0 aromatic carbocycles. The van der Waals surface area contributed by atoms with E-state index in [2.05, 4.69) is 6.92 Å². The third-order valence-corrected chi connectivity index (χ3v) is 1.29. The molecule has 0 saturated carbocycles. The van der Waals surface area contributed by atoms with Gasteiger partial charge >= 0.3 is 5.97 Å². The molecular formula is C7H11O3. The van der Waals surface area contributed by atoms with Crippen molar-refractivity contribution in [2.24, 2.45) is 0 Å². The van der Waals surface area contributed by atoms with E-state index < -0.39 is 0 Å². The highest BCUT2D eigenvalue weighted by Crippen LogP contribution is 2.06. The second kappa shape index (κ2) is 3.56. The van der Waals surface area contributed by atoms with Crippen molar-refractivity contribution in [1.29, 1.82) is 0 Å². The number of hydrogen-bond acceptors (Lipinski definition) is 3. The molecule has 0 aromatic rings. The summed E-state index contributed by atoms with van der Waals surface area (Å²) in [5.41, 5.74) is 0. The molecule has 10 heavy (non-hydrogen) atoms. The van der Waals surface area contributed by atoms with Crippen LogP contribution in [0.2, 0.25) is 0 Å². The van der Waals surface area contributed by atoms with Crippen LogP contribution in [0, 0.1) is 6.92 Å². The molecule has 0 aromatic heterocycles. The molecule has 1 radical (unpaired) electrons. The largest absolute Gasteiger partial charge is 0.457 e. The topological polar surface area (TPSA) is 35.5 Å². The quantitative estimate of drug-likeness (QED) is 0.541. The van der Waals surface area contributed by atoms with Gasteiger partial charge in [-0.15, -0.1) is 0 Å². The zero-order chi connectivity index (χ0) is 7.40. The van der Waals surface area contributed by atoms with Gasteiger partial charge in [0, 0.05) is 6.42 Å². The molecule has 0 amide bonds. The number of hydrogen-bond donors (Lipinski definition) is 0. The molecule has 1 rings (SSSR count). The fourth-order valence-electron chi connectivity index (χ4n) is 0.671. The number of carbonyl (C=O) groups excluding carboxylic acids is 1. The average Bonchev–Trinajstić information content (AvgIpc) is 1.80. The van der Waals surface area contributed by atoms with Crippen molar-refractivity contribution in [1.82, 2.24) is 0 Å². The molecule has 57 valence electrons. The molecule has 3 nitrogen and oxygen atoms in total. The molecule has 1 fully saturated rings. The van der Waals surface area contributed by atoms with E-state index in [1.54, 1.807) is 0 Å². The van der Waals surface area contributed by atoms with Crippen molar-refractivity contribution in [2.45, 2.75) is 18.9 Å². The highest BCUT2D eigenvalue weighted by atomic mass is 16.6. The molecule has 0 atom stereocenters. The molecule has 1 heterocycles. The van der Waals surface area contributed by atoms with E-state index >= 15 is 0 Å². The van der Waals surface area contributed by atoms with Crippen molar-refractivity contribution < 1.29 is 14.3 Å². The van der Waals surface area contributed by atoms with Gasteiger partial charge in [-0.3, -0.25) is 4.79 Å². The lowest BCUT2D eigenvalue weighted by Gasteiger charge is -2.25. The lowest BCUT2D eigenvalue weighted by atomic mass is 10.3. The van der Waals surface area contributed by atoms with Crippen LogP contribution in [0.4, 0.5) is 0 Å². The number of rotatable bonds is 3. The maximum atomic E-state index is 10.7. The normalized spacial score (nSPS) is 18.1. The summed E-state index contributed by atoms with van der Waals surface area (Å²) in [5.74, 6) is -0.164. The molecule has 0 spiro atoms. The summed E-state index contributed by atoms with van der Waals surface area (Å²) in [6.45, 7) is 4.66. The van der Waals surface area contributed by atoms with Crippen molar-refractivity contribution in [3.63, 3.8) is 0 Å². The Labute approximate surface area is 60.3 Å². The van der Waals surface area contributed by atoms with Gasteiger partial charge in [0.15, 0.2) is 0 Å². The van der Waals surface area contributed by atoms with Crippen LogP contribution in [0.3, 0.4) is 0 Å².